The molecular formula is C32H31N3O5. The predicted octanol–water partition coefficient (Wildman–Crippen LogP) is 5.27. The standard InChI is InChI=1S/C32H31N3O5/c1-6-40-29-19(2)15-23(16-20(29)3)22-13-10-14-24(17-22)35-28(32(37)39-5)27(31(36)38-4)26(25(18-33)30(35)34)21-11-8-7-9-12-21/h7-17,26H,6,34H2,1-5H3. The average molecular weight is 538 g/mol. The maximum Gasteiger partial charge on any atom is 0.355 e. The van der Waals surface area contributed by atoms with Gasteiger partial charge in [-0.15, -0.1) is 0 Å². The Bertz CT molecular complexity index is 1540. The van der Waals surface area contributed by atoms with E-state index in [1.54, 1.807) is 30.3 Å². The van der Waals surface area contributed by atoms with Crippen molar-refractivity contribution in [1.29, 1.82) is 5.26 Å². The summed E-state index contributed by atoms with van der Waals surface area (Å²) in [6.07, 6.45) is 0. The third kappa shape index (κ3) is 5.02. The fraction of sp³-hybridized carbons (Fsp3) is 0.219. The highest BCUT2D eigenvalue weighted by Gasteiger charge is 2.43. The fourth-order valence-electron chi connectivity index (χ4n) is 5.10. The van der Waals surface area contributed by atoms with Crippen LogP contribution in [0, 0.1) is 25.2 Å². The lowest BCUT2D eigenvalue weighted by Gasteiger charge is -2.36. The van der Waals surface area contributed by atoms with Gasteiger partial charge in [0.25, 0.3) is 0 Å². The Morgan fingerprint density at radius 1 is 0.925 bits per heavy atom. The van der Waals surface area contributed by atoms with Crippen molar-refractivity contribution in [3.63, 3.8) is 0 Å². The van der Waals surface area contributed by atoms with Gasteiger partial charge in [-0.2, -0.15) is 5.26 Å². The maximum atomic E-state index is 13.3. The van der Waals surface area contributed by atoms with Gasteiger partial charge in [0.2, 0.25) is 0 Å². The molecule has 8 heteroatoms. The third-order valence-corrected chi connectivity index (χ3v) is 6.80. The number of esters is 2. The molecule has 0 amide bonds. The van der Waals surface area contributed by atoms with Crippen LogP contribution in [0.1, 0.15) is 29.5 Å². The van der Waals surface area contributed by atoms with Crippen LogP contribution in [0.3, 0.4) is 0 Å². The lowest BCUT2D eigenvalue weighted by Crippen LogP contribution is -2.40. The average Bonchev–Trinajstić information content (AvgIpc) is 2.97. The van der Waals surface area contributed by atoms with Crippen LogP contribution in [0.4, 0.5) is 5.69 Å². The number of nitriles is 1. The first-order valence-corrected chi connectivity index (χ1v) is 12.8. The molecule has 0 aliphatic carbocycles. The molecule has 0 saturated carbocycles. The summed E-state index contributed by atoms with van der Waals surface area (Å²) < 4.78 is 16.0. The van der Waals surface area contributed by atoms with Gasteiger partial charge in [-0.05, 0) is 72.9 Å². The van der Waals surface area contributed by atoms with Crippen molar-refractivity contribution in [1.82, 2.24) is 0 Å². The Morgan fingerprint density at radius 2 is 1.57 bits per heavy atom. The predicted molar refractivity (Wildman–Crippen MR) is 152 cm³/mol. The molecule has 40 heavy (non-hydrogen) atoms. The molecule has 1 aliphatic heterocycles. The molecular weight excluding hydrogens is 506 g/mol. The Morgan fingerprint density at radius 3 is 2.15 bits per heavy atom. The first kappa shape index (κ1) is 28.0. The van der Waals surface area contributed by atoms with E-state index in [2.05, 4.69) is 6.07 Å². The van der Waals surface area contributed by atoms with Crippen molar-refractivity contribution in [2.24, 2.45) is 5.73 Å². The lowest BCUT2D eigenvalue weighted by molar-refractivity contribution is -0.139. The van der Waals surface area contributed by atoms with Crippen molar-refractivity contribution in [3.05, 3.63) is 106 Å². The summed E-state index contributed by atoms with van der Waals surface area (Å²) in [7, 11) is 2.45. The highest BCUT2D eigenvalue weighted by atomic mass is 16.5. The number of nitrogens with zero attached hydrogens (tertiary/aromatic N) is 2. The van der Waals surface area contributed by atoms with Gasteiger partial charge in [0.1, 0.15) is 17.3 Å². The van der Waals surface area contributed by atoms with E-state index in [-0.39, 0.29) is 22.7 Å². The summed E-state index contributed by atoms with van der Waals surface area (Å²) in [4.78, 5) is 28.0. The molecule has 1 aliphatic rings. The molecule has 8 nitrogen and oxygen atoms in total. The summed E-state index contributed by atoms with van der Waals surface area (Å²) in [6.45, 7) is 6.48. The number of aryl methyl sites for hydroxylation is 2. The van der Waals surface area contributed by atoms with Gasteiger partial charge in [-0.1, -0.05) is 42.5 Å². The Balaban J connectivity index is 1.97. The molecule has 0 saturated heterocycles. The molecule has 0 bridgehead atoms. The van der Waals surface area contributed by atoms with E-state index < -0.39 is 17.9 Å². The first-order valence-electron chi connectivity index (χ1n) is 12.8. The molecule has 3 aromatic carbocycles. The van der Waals surface area contributed by atoms with Gasteiger partial charge in [0.05, 0.1) is 44.0 Å². The van der Waals surface area contributed by atoms with Crippen LogP contribution >= 0.6 is 0 Å². The number of allylic oxidation sites excluding steroid dienone is 1. The van der Waals surface area contributed by atoms with E-state index in [9.17, 15) is 14.9 Å². The van der Waals surface area contributed by atoms with Gasteiger partial charge in [0, 0.05) is 5.69 Å². The zero-order chi connectivity index (χ0) is 29.0. The largest absolute Gasteiger partial charge is 0.493 e. The van der Waals surface area contributed by atoms with E-state index in [0.29, 0.717) is 17.9 Å². The zero-order valence-electron chi connectivity index (χ0n) is 23.1. The van der Waals surface area contributed by atoms with E-state index in [0.717, 1.165) is 28.0 Å². The molecule has 0 fully saturated rings. The highest BCUT2D eigenvalue weighted by Crippen LogP contribution is 2.44. The number of hydrogen-bond acceptors (Lipinski definition) is 8. The normalized spacial score (nSPS) is 15.0. The van der Waals surface area contributed by atoms with E-state index in [4.69, 9.17) is 19.9 Å². The maximum absolute atomic E-state index is 13.3. The summed E-state index contributed by atoms with van der Waals surface area (Å²) in [6, 6.07) is 22.5. The summed E-state index contributed by atoms with van der Waals surface area (Å²) in [5.41, 5.74) is 11.4. The fourth-order valence-corrected chi connectivity index (χ4v) is 5.10. The number of anilines is 1. The van der Waals surface area contributed by atoms with Crippen molar-refractivity contribution >= 4 is 17.6 Å². The summed E-state index contributed by atoms with van der Waals surface area (Å²) in [5, 5.41) is 10.3. The van der Waals surface area contributed by atoms with Crippen molar-refractivity contribution in [2.45, 2.75) is 26.7 Å². The summed E-state index contributed by atoms with van der Waals surface area (Å²) >= 11 is 0. The SMILES string of the molecule is CCOc1c(C)cc(-c2cccc(N3C(N)=C(C#N)C(c4ccccc4)C(C(=O)OC)=C3C(=O)OC)c2)cc1C. The quantitative estimate of drug-likeness (QED) is 0.406. The van der Waals surface area contributed by atoms with E-state index in [1.807, 2.05) is 57.2 Å². The van der Waals surface area contributed by atoms with Gasteiger partial charge in [0.15, 0.2) is 0 Å². The van der Waals surface area contributed by atoms with Crippen LogP contribution in [0.15, 0.2) is 89.4 Å². The Kier molecular flexibility index (Phi) is 8.25. The number of benzene rings is 3. The van der Waals surface area contributed by atoms with E-state index >= 15 is 0 Å². The smallest absolute Gasteiger partial charge is 0.355 e. The molecule has 0 aromatic heterocycles. The number of carbonyl (C=O) groups is 2. The first-order chi connectivity index (χ1) is 19.3. The molecule has 0 spiro atoms. The molecule has 1 heterocycles. The van der Waals surface area contributed by atoms with Crippen LogP contribution in [0.5, 0.6) is 5.75 Å². The van der Waals surface area contributed by atoms with Crippen molar-refractivity contribution in [3.8, 4) is 22.9 Å². The minimum absolute atomic E-state index is 0.0145. The second-order valence-electron chi connectivity index (χ2n) is 9.26. The van der Waals surface area contributed by atoms with Crippen LogP contribution < -0.4 is 15.4 Å². The minimum atomic E-state index is -0.927. The van der Waals surface area contributed by atoms with Gasteiger partial charge in [-0.3, -0.25) is 4.90 Å². The highest BCUT2D eigenvalue weighted by molar-refractivity contribution is 6.06. The van der Waals surface area contributed by atoms with Crippen LogP contribution in [-0.2, 0) is 19.1 Å². The Hall–Kier alpha value is -5.03. The number of nitrogens with two attached hydrogens (primary N) is 1. The number of ether oxygens (including phenoxy) is 3. The summed E-state index contributed by atoms with van der Waals surface area (Å²) in [5.74, 6) is -1.63. The van der Waals surface area contributed by atoms with Gasteiger partial charge in [-0.25, -0.2) is 9.59 Å². The minimum Gasteiger partial charge on any atom is -0.493 e. The molecule has 1 atom stereocenters. The number of carbonyl (C=O) groups excluding carboxylic acids is 2. The Labute approximate surface area is 233 Å². The topological polar surface area (TPSA) is 115 Å². The molecule has 0 radical (unpaired) electrons. The monoisotopic (exact) mass is 537 g/mol. The second-order valence-corrected chi connectivity index (χ2v) is 9.26. The zero-order valence-corrected chi connectivity index (χ0v) is 23.1. The van der Waals surface area contributed by atoms with Crippen molar-refractivity contribution in [2.75, 3.05) is 25.7 Å². The molecule has 4 rings (SSSR count). The molecule has 3 aromatic rings. The van der Waals surface area contributed by atoms with E-state index in [1.165, 1.54) is 19.1 Å². The third-order valence-electron chi connectivity index (χ3n) is 6.80. The lowest BCUT2D eigenvalue weighted by atomic mass is 9.81. The van der Waals surface area contributed by atoms with Crippen molar-refractivity contribution < 1.29 is 23.8 Å². The van der Waals surface area contributed by atoms with Gasteiger partial charge < -0.3 is 19.9 Å². The second kappa shape index (κ2) is 11.8. The number of methoxy groups -OCH3 is 2. The van der Waals surface area contributed by atoms with Gasteiger partial charge >= 0.3 is 11.9 Å². The van der Waals surface area contributed by atoms with Crippen LogP contribution in [0.2, 0.25) is 0 Å². The molecule has 1 unspecified atom stereocenters. The number of hydrogen-bond donors (Lipinski definition) is 1. The van der Waals surface area contributed by atoms with Crippen LogP contribution in [0.25, 0.3) is 11.1 Å². The molecule has 2 N–H and O–H groups in total. The number of rotatable bonds is 7. The van der Waals surface area contributed by atoms with Crippen LogP contribution in [-0.4, -0.2) is 32.8 Å². The molecule has 204 valence electrons.